The fourth-order valence-electron chi connectivity index (χ4n) is 4.15. The fourth-order valence-corrected chi connectivity index (χ4v) is 5.14. The lowest BCUT2D eigenvalue weighted by molar-refractivity contribution is 0.0554. The Morgan fingerprint density at radius 2 is 2.03 bits per heavy atom. The first-order valence-corrected chi connectivity index (χ1v) is 11.5. The van der Waals surface area contributed by atoms with E-state index < -0.39 is 29.2 Å². The van der Waals surface area contributed by atoms with E-state index in [9.17, 15) is 14.4 Å². The van der Waals surface area contributed by atoms with E-state index in [0.29, 0.717) is 11.1 Å². The molecule has 35 heavy (non-hydrogen) atoms. The summed E-state index contributed by atoms with van der Waals surface area (Å²) in [6, 6.07) is 9.86. The van der Waals surface area contributed by atoms with Gasteiger partial charge in [-0.25, -0.2) is 14.2 Å². The van der Waals surface area contributed by atoms with Crippen LogP contribution >= 0.6 is 11.3 Å². The third kappa shape index (κ3) is 3.64. The van der Waals surface area contributed by atoms with Crippen molar-refractivity contribution in [3.8, 4) is 0 Å². The van der Waals surface area contributed by atoms with E-state index in [1.165, 1.54) is 29.2 Å². The van der Waals surface area contributed by atoms with E-state index in [1.807, 2.05) is 6.92 Å². The highest BCUT2D eigenvalue weighted by Crippen LogP contribution is 2.43. The molecule has 0 saturated heterocycles. The van der Waals surface area contributed by atoms with Gasteiger partial charge in [-0.05, 0) is 32.0 Å². The van der Waals surface area contributed by atoms with Gasteiger partial charge in [0, 0.05) is 5.56 Å². The molecule has 2 aromatic carbocycles. The van der Waals surface area contributed by atoms with Crippen LogP contribution in [0.5, 0.6) is 0 Å². The van der Waals surface area contributed by atoms with Crippen molar-refractivity contribution in [1.29, 1.82) is 0 Å². The van der Waals surface area contributed by atoms with Crippen LogP contribution in [0.15, 0.2) is 64.3 Å². The summed E-state index contributed by atoms with van der Waals surface area (Å²) in [5, 5.41) is 0.418. The van der Waals surface area contributed by atoms with Crippen LogP contribution in [-0.2, 0) is 4.74 Å². The number of ether oxygens (including phenoxy) is 1. The Kier molecular flexibility index (Phi) is 5.56. The van der Waals surface area contributed by atoms with Gasteiger partial charge in [-0.2, -0.15) is 0 Å². The Balaban J connectivity index is 1.74. The summed E-state index contributed by atoms with van der Waals surface area (Å²) < 4.78 is 26.1. The lowest BCUT2D eigenvalue weighted by Crippen LogP contribution is -2.30. The Hall–Kier alpha value is -4.11. The maximum atomic E-state index is 15.0. The Bertz CT molecular complexity index is 1590. The molecule has 9 heteroatoms. The SMILES string of the molecule is C=CCOC(=O)c1sc(N2C(=O)c3oc4ccc(C)cc4c(=O)c3C2c2ccccc2F)nc1C. The van der Waals surface area contributed by atoms with E-state index in [1.54, 1.807) is 31.2 Å². The highest BCUT2D eigenvalue weighted by atomic mass is 32.1. The van der Waals surface area contributed by atoms with Crippen molar-refractivity contribution in [3.63, 3.8) is 0 Å². The first-order chi connectivity index (χ1) is 16.8. The number of aryl methyl sites for hydroxylation is 2. The number of hydrogen-bond donors (Lipinski definition) is 0. The van der Waals surface area contributed by atoms with Crippen molar-refractivity contribution in [2.45, 2.75) is 19.9 Å². The zero-order valence-corrected chi connectivity index (χ0v) is 19.6. The number of anilines is 1. The minimum absolute atomic E-state index is 0.0157. The van der Waals surface area contributed by atoms with Crippen molar-refractivity contribution >= 4 is 39.3 Å². The summed E-state index contributed by atoms with van der Waals surface area (Å²) in [6.07, 6.45) is 1.44. The number of amides is 1. The zero-order chi connectivity index (χ0) is 24.9. The lowest BCUT2D eigenvalue weighted by atomic mass is 9.98. The first-order valence-electron chi connectivity index (χ1n) is 10.7. The molecule has 3 heterocycles. The molecule has 1 unspecified atom stereocenters. The number of carbonyl (C=O) groups excluding carboxylic acids is 2. The smallest absolute Gasteiger partial charge is 0.350 e. The third-order valence-corrected chi connectivity index (χ3v) is 6.87. The molecule has 0 aliphatic carbocycles. The lowest BCUT2D eigenvalue weighted by Gasteiger charge is -2.22. The molecule has 2 aromatic heterocycles. The number of nitrogens with zero attached hydrogens (tertiary/aromatic N) is 2. The van der Waals surface area contributed by atoms with Gasteiger partial charge in [0.25, 0.3) is 5.91 Å². The largest absolute Gasteiger partial charge is 0.457 e. The fraction of sp³-hybridized carbons (Fsp3) is 0.154. The molecule has 1 aliphatic heterocycles. The second-order valence-electron chi connectivity index (χ2n) is 8.07. The topological polar surface area (TPSA) is 89.7 Å². The normalized spacial score (nSPS) is 14.9. The number of esters is 1. The molecule has 0 N–H and O–H groups in total. The van der Waals surface area contributed by atoms with Gasteiger partial charge in [-0.1, -0.05) is 53.8 Å². The molecular weight excluding hydrogens is 471 g/mol. The van der Waals surface area contributed by atoms with Gasteiger partial charge < -0.3 is 9.15 Å². The average molecular weight is 491 g/mol. The van der Waals surface area contributed by atoms with Crippen molar-refractivity contribution in [2.24, 2.45) is 0 Å². The maximum Gasteiger partial charge on any atom is 0.350 e. The van der Waals surface area contributed by atoms with Crippen LogP contribution in [0.1, 0.15) is 48.7 Å². The van der Waals surface area contributed by atoms with Crippen LogP contribution in [0.2, 0.25) is 0 Å². The second-order valence-corrected chi connectivity index (χ2v) is 9.05. The van der Waals surface area contributed by atoms with Gasteiger partial charge in [0.05, 0.1) is 16.6 Å². The van der Waals surface area contributed by atoms with E-state index in [0.717, 1.165) is 16.9 Å². The summed E-state index contributed by atoms with van der Waals surface area (Å²) in [6.45, 7) is 6.98. The van der Waals surface area contributed by atoms with Crippen molar-refractivity contribution < 1.29 is 23.1 Å². The number of halogens is 1. The minimum atomic E-state index is -1.12. The Morgan fingerprint density at radius 3 is 2.77 bits per heavy atom. The van der Waals surface area contributed by atoms with E-state index in [-0.39, 0.29) is 39.1 Å². The van der Waals surface area contributed by atoms with Crippen molar-refractivity contribution in [1.82, 2.24) is 4.98 Å². The van der Waals surface area contributed by atoms with E-state index in [4.69, 9.17) is 9.15 Å². The maximum absolute atomic E-state index is 15.0. The summed E-state index contributed by atoms with van der Waals surface area (Å²) >= 11 is 0.926. The first kappa shape index (κ1) is 22.7. The molecule has 0 spiro atoms. The van der Waals surface area contributed by atoms with Crippen LogP contribution in [0.3, 0.4) is 0 Å². The van der Waals surface area contributed by atoms with Crippen LogP contribution in [-0.4, -0.2) is 23.5 Å². The van der Waals surface area contributed by atoms with Gasteiger partial charge in [0.1, 0.15) is 28.9 Å². The van der Waals surface area contributed by atoms with Gasteiger partial charge in [0.15, 0.2) is 10.6 Å². The van der Waals surface area contributed by atoms with Gasteiger partial charge in [-0.3, -0.25) is 14.5 Å². The molecule has 0 bridgehead atoms. The molecule has 1 amide bonds. The highest BCUT2D eigenvalue weighted by molar-refractivity contribution is 7.17. The molecular formula is C26H19FN2O5S. The van der Waals surface area contributed by atoms with Crippen LogP contribution in [0.4, 0.5) is 9.52 Å². The molecule has 0 radical (unpaired) electrons. The van der Waals surface area contributed by atoms with Gasteiger partial charge >= 0.3 is 5.97 Å². The standard InChI is InChI=1S/C26H19FN2O5S/c1-4-11-33-25(32)23-14(3)28-26(35-23)29-20(15-7-5-6-8-17(15)27)19-21(30)16-12-13(2)9-10-18(16)34-22(19)24(29)31/h4-10,12,20H,1,11H2,2-3H3. The van der Waals surface area contributed by atoms with Crippen LogP contribution in [0.25, 0.3) is 11.0 Å². The number of carbonyl (C=O) groups is 2. The van der Waals surface area contributed by atoms with E-state index >= 15 is 4.39 Å². The van der Waals surface area contributed by atoms with Crippen LogP contribution < -0.4 is 10.3 Å². The van der Waals surface area contributed by atoms with Gasteiger partial charge in [-0.15, -0.1) is 0 Å². The molecule has 7 nitrogen and oxygen atoms in total. The number of fused-ring (bicyclic) bond motifs is 2. The molecule has 1 atom stereocenters. The van der Waals surface area contributed by atoms with Gasteiger partial charge in [0.2, 0.25) is 5.76 Å². The average Bonchev–Trinajstić information content (AvgIpc) is 3.36. The molecule has 1 aliphatic rings. The predicted molar refractivity (Wildman–Crippen MR) is 130 cm³/mol. The summed E-state index contributed by atoms with van der Waals surface area (Å²) in [7, 11) is 0. The monoisotopic (exact) mass is 490 g/mol. The highest BCUT2D eigenvalue weighted by Gasteiger charge is 2.46. The summed E-state index contributed by atoms with van der Waals surface area (Å²) in [4.78, 5) is 45.5. The molecule has 4 aromatic rings. The second kappa shape index (κ2) is 8.59. The van der Waals surface area contributed by atoms with Crippen molar-refractivity contribution in [2.75, 3.05) is 11.5 Å². The number of hydrogen-bond acceptors (Lipinski definition) is 7. The molecule has 0 fully saturated rings. The third-order valence-electron chi connectivity index (χ3n) is 5.73. The number of aromatic nitrogens is 1. The number of rotatable bonds is 5. The van der Waals surface area contributed by atoms with Crippen LogP contribution in [0, 0.1) is 19.7 Å². The Labute approximate surface area is 203 Å². The number of benzene rings is 2. The predicted octanol–water partition coefficient (Wildman–Crippen LogP) is 5.10. The molecule has 176 valence electrons. The summed E-state index contributed by atoms with van der Waals surface area (Å²) in [5.41, 5.74) is 1.16. The minimum Gasteiger partial charge on any atom is -0.457 e. The Morgan fingerprint density at radius 1 is 1.26 bits per heavy atom. The zero-order valence-electron chi connectivity index (χ0n) is 18.8. The molecule has 5 rings (SSSR count). The quantitative estimate of drug-likeness (QED) is 0.286. The summed E-state index contributed by atoms with van der Waals surface area (Å²) in [5.74, 6) is -2.03. The van der Waals surface area contributed by atoms with Crippen molar-refractivity contribution in [3.05, 3.63) is 104 Å². The van der Waals surface area contributed by atoms with E-state index in [2.05, 4.69) is 11.6 Å². The molecule has 0 saturated carbocycles. The number of thiazole rings is 1.